The maximum absolute atomic E-state index is 11.4. The Morgan fingerprint density at radius 1 is 1.21 bits per heavy atom. The number of hydrogen-bond donors (Lipinski definition) is 3. The molecule has 2 atom stereocenters. The van der Waals surface area contributed by atoms with Crippen molar-refractivity contribution in [2.24, 2.45) is 24.8 Å². The van der Waals surface area contributed by atoms with Gasteiger partial charge in [0, 0.05) is 49.0 Å². The van der Waals surface area contributed by atoms with Crippen molar-refractivity contribution in [3.63, 3.8) is 0 Å². The number of nitrogens with zero attached hydrogens (tertiary/aromatic N) is 3. The van der Waals surface area contributed by atoms with Gasteiger partial charge in [0.25, 0.3) is 5.91 Å². The van der Waals surface area contributed by atoms with Gasteiger partial charge in [-0.15, -0.1) is 0 Å². The molecule has 7 heteroatoms. The summed E-state index contributed by atoms with van der Waals surface area (Å²) in [5.41, 5.74) is 4.51. The van der Waals surface area contributed by atoms with Crippen LogP contribution in [0.15, 0.2) is 42.9 Å². The van der Waals surface area contributed by atoms with Crippen LogP contribution < -0.4 is 10.8 Å². The van der Waals surface area contributed by atoms with E-state index in [0.29, 0.717) is 5.92 Å². The van der Waals surface area contributed by atoms with Crippen molar-refractivity contribution in [2.45, 2.75) is 25.3 Å². The van der Waals surface area contributed by atoms with Crippen LogP contribution in [-0.4, -0.2) is 32.2 Å². The minimum atomic E-state index is -0.580. The van der Waals surface area contributed by atoms with Crippen LogP contribution in [0.5, 0.6) is 0 Å². The van der Waals surface area contributed by atoms with Gasteiger partial charge in [0.1, 0.15) is 5.82 Å². The summed E-state index contributed by atoms with van der Waals surface area (Å²) in [6, 6.07) is 8.54. The minimum absolute atomic E-state index is 0.273. The lowest BCUT2D eigenvalue weighted by atomic mass is 9.99. The number of aromatic nitrogens is 3. The second kappa shape index (κ2) is 7.24. The highest BCUT2D eigenvalue weighted by molar-refractivity contribution is 5.92. The molecule has 0 spiro atoms. The van der Waals surface area contributed by atoms with Crippen molar-refractivity contribution in [1.29, 1.82) is 0 Å². The van der Waals surface area contributed by atoms with E-state index in [2.05, 4.69) is 57.4 Å². The molecule has 3 aromatic rings. The number of para-hydroxylation sites is 1. The van der Waals surface area contributed by atoms with Gasteiger partial charge in [-0.05, 0) is 48.8 Å². The van der Waals surface area contributed by atoms with E-state index in [1.165, 1.54) is 28.9 Å². The molecule has 2 aliphatic carbocycles. The van der Waals surface area contributed by atoms with Gasteiger partial charge in [0.15, 0.2) is 0 Å². The lowest BCUT2D eigenvalue weighted by Gasteiger charge is -2.13. The van der Waals surface area contributed by atoms with Crippen molar-refractivity contribution >= 4 is 16.8 Å². The van der Waals surface area contributed by atoms with E-state index >= 15 is 0 Å². The van der Waals surface area contributed by atoms with Gasteiger partial charge in [0.2, 0.25) is 0 Å². The normalized spacial score (nSPS) is 25.2. The summed E-state index contributed by atoms with van der Waals surface area (Å²) >= 11 is 0. The fraction of sp³-hybridized carbons (Fsp3) is 0.409. The molecule has 1 amide bonds. The van der Waals surface area contributed by atoms with Gasteiger partial charge < -0.3 is 9.88 Å². The van der Waals surface area contributed by atoms with Crippen LogP contribution in [0.1, 0.15) is 40.5 Å². The van der Waals surface area contributed by atoms with Gasteiger partial charge in [-0.3, -0.25) is 10.0 Å². The molecule has 2 heterocycles. The number of hydroxylamine groups is 1. The second-order valence-electron chi connectivity index (χ2n) is 8.34. The standard InChI is InChI=1S/C22H25N5O2/c1-27-12-15(16-4-2-3-5-20(16)27)8-23-11-19-17-6-13(7-18(17)19)21-24-9-14(10-25-21)22(28)26-29/h2-5,9-10,12-13,17-19,23,29H,6-8,11H2,1H3,(H,26,28). The SMILES string of the molecule is Cn1cc(CNCC2C3CC(c4ncc(C(=O)NO)cn4)CC23)c2ccccc21. The Morgan fingerprint density at radius 3 is 2.66 bits per heavy atom. The van der Waals surface area contributed by atoms with Crippen LogP contribution in [0.25, 0.3) is 10.9 Å². The van der Waals surface area contributed by atoms with E-state index in [1.54, 1.807) is 5.48 Å². The third kappa shape index (κ3) is 3.30. The first-order valence-corrected chi connectivity index (χ1v) is 10.2. The average molecular weight is 391 g/mol. The Hall–Kier alpha value is -2.77. The molecule has 0 radical (unpaired) electrons. The Labute approximate surface area is 169 Å². The van der Waals surface area contributed by atoms with E-state index < -0.39 is 5.91 Å². The van der Waals surface area contributed by atoms with Gasteiger partial charge in [-0.2, -0.15) is 0 Å². The third-order valence-electron chi connectivity index (χ3n) is 6.70. The smallest absolute Gasteiger partial charge is 0.277 e. The highest BCUT2D eigenvalue weighted by atomic mass is 16.5. The van der Waals surface area contributed by atoms with Gasteiger partial charge in [-0.25, -0.2) is 15.4 Å². The molecule has 1 aromatic carbocycles. The first-order chi connectivity index (χ1) is 14.2. The van der Waals surface area contributed by atoms with E-state index in [9.17, 15) is 4.79 Å². The molecule has 150 valence electrons. The first kappa shape index (κ1) is 18.3. The Morgan fingerprint density at radius 2 is 1.93 bits per heavy atom. The van der Waals surface area contributed by atoms with E-state index in [1.807, 2.05) is 0 Å². The zero-order chi connectivity index (χ0) is 20.0. The lowest BCUT2D eigenvalue weighted by molar-refractivity contribution is 0.0705. The van der Waals surface area contributed by atoms with Crippen LogP contribution in [-0.2, 0) is 13.6 Å². The quantitative estimate of drug-likeness (QED) is 0.444. The fourth-order valence-corrected chi connectivity index (χ4v) is 5.16. The number of nitrogens with one attached hydrogen (secondary N) is 2. The second-order valence-corrected chi connectivity index (χ2v) is 8.34. The van der Waals surface area contributed by atoms with Gasteiger partial charge in [0.05, 0.1) is 5.56 Å². The summed E-state index contributed by atoms with van der Waals surface area (Å²) < 4.78 is 2.19. The van der Waals surface area contributed by atoms with Crippen LogP contribution in [0.2, 0.25) is 0 Å². The van der Waals surface area contributed by atoms with Crippen molar-refractivity contribution in [3.05, 3.63) is 59.8 Å². The molecule has 3 N–H and O–H groups in total. The molecule has 2 fully saturated rings. The van der Waals surface area contributed by atoms with Gasteiger partial charge in [-0.1, -0.05) is 18.2 Å². The molecule has 5 rings (SSSR count). The molecule has 7 nitrogen and oxygen atoms in total. The van der Waals surface area contributed by atoms with Crippen LogP contribution in [0, 0.1) is 17.8 Å². The predicted octanol–water partition coefficient (Wildman–Crippen LogP) is 2.62. The monoisotopic (exact) mass is 391 g/mol. The number of benzene rings is 1. The number of amides is 1. The zero-order valence-corrected chi connectivity index (χ0v) is 16.4. The molecule has 0 bridgehead atoms. The van der Waals surface area contributed by atoms with Gasteiger partial charge >= 0.3 is 0 Å². The molecule has 0 aliphatic heterocycles. The molecule has 2 saturated carbocycles. The summed E-state index contributed by atoms with van der Waals surface area (Å²) in [4.78, 5) is 20.1. The summed E-state index contributed by atoms with van der Waals surface area (Å²) in [6.45, 7) is 1.96. The third-order valence-corrected chi connectivity index (χ3v) is 6.70. The maximum Gasteiger partial charge on any atom is 0.277 e. The number of rotatable bonds is 6. The molecular weight excluding hydrogens is 366 g/mol. The highest BCUT2D eigenvalue weighted by Gasteiger charge is 2.56. The van der Waals surface area contributed by atoms with Crippen LogP contribution in [0.3, 0.4) is 0 Å². The fourth-order valence-electron chi connectivity index (χ4n) is 5.16. The Kier molecular flexibility index (Phi) is 4.56. The van der Waals surface area contributed by atoms with E-state index in [-0.39, 0.29) is 5.56 Å². The molecule has 0 saturated heterocycles. The number of carbonyl (C=O) groups is 1. The molecule has 2 unspecified atom stereocenters. The van der Waals surface area contributed by atoms with Crippen molar-refractivity contribution in [3.8, 4) is 0 Å². The van der Waals surface area contributed by atoms with Crippen LogP contribution in [0.4, 0.5) is 0 Å². The minimum Gasteiger partial charge on any atom is -0.350 e. The maximum atomic E-state index is 11.4. The molecule has 2 aliphatic rings. The average Bonchev–Trinajstić information content (AvgIpc) is 3.08. The summed E-state index contributed by atoms with van der Waals surface area (Å²) in [6.07, 6.45) is 7.44. The Balaban J connectivity index is 1.13. The summed E-state index contributed by atoms with van der Waals surface area (Å²) in [5.74, 6) is 2.87. The number of carbonyl (C=O) groups excluding carboxylic acids is 1. The topological polar surface area (TPSA) is 92.1 Å². The molecule has 29 heavy (non-hydrogen) atoms. The van der Waals surface area contributed by atoms with Crippen LogP contribution >= 0.6 is 0 Å². The van der Waals surface area contributed by atoms with E-state index in [0.717, 1.165) is 49.5 Å². The largest absolute Gasteiger partial charge is 0.350 e. The number of aryl methyl sites for hydroxylation is 1. The molecular formula is C22H25N5O2. The predicted molar refractivity (Wildman–Crippen MR) is 108 cm³/mol. The first-order valence-electron chi connectivity index (χ1n) is 10.2. The van der Waals surface area contributed by atoms with Crippen molar-refractivity contribution in [1.82, 2.24) is 25.3 Å². The van der Waals surface area contributed by atoms with Crippen molar-refractivity contribution in [2.75, 3.05) is 6.54 Å². The molecule has 2 aromatic heterocycles. The summed E-state index contributed by atoms with van der Waals surface area (Å²) in [5, 5.41) is 13.7. The Bertz CT molecular complexity index is 1030. The number of hydrogen-bond acceptors (Lipinski definition) is 5. The highest BCUT2D eigenvalue weighted by Crippen LogP contribution is 2.61. The van der Waals surface area contributed by atoms with Crippen molar-refractivity contribution < 1.29 is 10.0 Å². The van der Waals surface area contributed by atoms with E-state index in [4.69, 9.17) is 5.21 Å². The lowest BCUT2D eigenvalue weighted by Crippen LogP contribution is -2.20. The summed E-state index contributed by atoms with van der Waals surface area (Å²) in [7, 11) is 2.10. The number of fused-ring (bicyclic) bond motifs is 2. The zero-order valence-electron chi connectivity index (χ0n) is 16.4.